The molecule has 2 aliphatic rings. The number of amides is 1. The van der Waals surface area contributed by atoms with Gasteiger partial charge in [-0.25, -0.2) is 0 Å². The van der Waals surface area contributed by atoms with Crippen molar-refractivity contribution in [3.8, 4) is 0 Å². The summed E-state index contributed by atoms with van der Waals surface area (Å²) in [5.74, 6) is 0.0645. The summed E-state index contributed by atoms with van der Waals surface area (Å²) >= 11 is 14.5. The van der Waals surface area contributed by atoms with Crippen LogP contribution in [0, 0.1) is 0 Å². The molecule has 3 nitrogen and oxygen atoms in total. The number of hydrogen-bond donors (Lipinski definition) is 0. The number of thioether (sulfide) groups is 1. The van der Waals surface area contributed by atoms with E-state index in [0.29, 0.717) is 15.3 Å². The number of carbonyl (C=O) groups excluding carboxylic acids is 1. The highest BCUT2D eigenvalue weighted by Crippen LogP contribution is 2.47. The van der Waals surface area contributed by atoms with E-state index in [1.165, 1.54) is 6.42 Å². The average Bonchev–Trinajstić information content (AvgIpc) is 2.74. The predicted octanol–water partition coefficient (Wildman–Crippen LogP) is 7.48. The third-order valence-electron chi connectivity index (χ3n) is 6.18. The second kappa shape index (κ2) is 9.97. The van der Waals surface area contributed by atoms with Crippen LogP contribution in [0.5, 0.6) is 0 Å². The molecule has 2 fully saturated rings. The van der Waals surface area contributed by atoms with E-state index in [1.54, 1.807) is 0 Å². The Labute approximate surface area is 205 Å². The Morgan fingerprint density at radius 2 is 1.69 bits per heavy atom. The number of rotatable bonds is 4. The first-order valence-corrected chi connectivity index (χ1v) is 13.0. The third-order valence-corrected chi connectivity index (χ3v) is 8.23. The number of benzene rings is 2. The van der Waals surface area contributed by atoms with Gasteiger partial charge in [-0.05, 0) is 48.2 Å². The van der Waals surface area contributed by atoms with Gasteiger partial charge in [0.25, 0.3) is 0 Å². The molecule has 32 heavy (non-hydrogen) atoms. The van der Waals surface area contributed by atoms with Crippen LogP contribution in [0.25, 0.3) is 0 Å². The van der Waals surface area contributed by atoms with Crippen molar-refractivity contribution >= 4 is 40.9 Å². The zero-order valence-electron chi connectivity index (χ0n) is 18.9. The molecule has 0 spiro atoms. The monoisotopic (exact) mass is 491 g/mol. The molecule has 1 amide bonds. The van der Waals surface area contributed by atoms with Crippen LogP contribution in [-0.2, 0) is 9.53 Å². The highest BCUT2D eigenvalue weighted by molar-refractivity contribution is 8.01. The Hall–Kier alpha value is -1.20. The first kappa shape index (κ1) is 23.9. The standard InChI is InChI=1S/C26H31Cl2NO2S/c1-26(2,3)32-22-10-5-4-9-21(22)29-23(30)16-31-25(18-7-6-8-20(28)15-18)24(29)17-11-13-19(27)14-12-17/h6-8,11-15,21-22,24-25H,4-5,9-10,16H2,1-3H3. The smallest absolute Gasteiger partial charge is 0.249 e. The van der Waals surface area contributed by atoms with Crippen molar-refractivity contribution in [2.75, 3.05) is 6.61 Å². The van der Waals surface area contributed by atoms with Crippen molar-refractivity contribution in [1.82, 2.24) is 4.90 Å². The van der Waals surface area contributed by atoms with Crippen molar-refractivity contribution in [1.29, 1.82) is 0 Å². The molecule has 172 valence electrons. The maximum atomic E-state index is 13.4. The summed E-state index contributed by atoms with van der Waals surface area (Å²) in [4.78, 5) is 15.6. The number of ether oxygens (including phenoxy) is 1. The number of halogens is 2. The largest absolute Gasteiger partial charge is 0.361 e. The molecular weight excluding hydrogens is 461 g/mol. The van der Waals surface area contributed by atoms with Crippen LogP contribution in [0.1, 0.15) is 69.7 Å². The molecule has 1 aliphatic heterocycles. The lowest BCUT2D eigenvalue weighted by Gasteiger charge is -2.49. The minimum atomic E-state index is -0.283. The number of carbonyl (C=O) groups is 1. The van der Waals surface area contributed by atoms with E-state index in [4.69, 9.17) is 27.9 Å². The van der Waals surface area contributed by atoms with Gasteiger partial charge in [0.05, 0.1) is 6.04 Å². The quantitative estimate of drug-likeness (QED) is 0.443. The molecular formula is C26H31Cl2NO2S. The molecule has 1 saturated carbocycles. The molecule has 4 rings (SSSR count). The SMILES string of the molecule is CC(C)(C)SC1CCCCC1N1C(=O)COC(c2cccc(Cl)c2)C1c1ccc(Cl)cc1. The van der Waals surface area contributed by atoms with Gasteiger partial charge >= 0.3 is 0 Å². The molecule has 0 aromatic heterocycles. The topological polar surface area (TPSA) is 29.5 Å². The Balaban J connectivity index is 1.78. The Kier molecular flexibility index (Phi) is 7.46. The summed E-state index contributed by atoms with van der Waals surface area (Å²) in [5.41, 5.74) is 2.03. The summed E-state index contributed by atoms with van der Waals surface area (Å²) in [5, 5.41) is 1.75. The van der Waals surface area contributed by atoms with Crippen LogP contribution >= 0.6 is 35.0 Å². The van der Waals surface area contributed by atoms with Gasteiger partial charge in [0.1, 0.15) is 12.7 Å². The fourth-order valence-electron chi connectivity index (χ4n) is 4.96. The number of hydrogen-bond acceptors (Lipinski definition) is 3. The van der Waals surface area contributed by atoms with Crippen LogP contribution in [0.2, 0.25) is 10.0 Å². The van der Waals surface area contributed by atoms with Gasteiger partial charge in [-0.2, -0.15) is 11.8 Å². The summed E-state index contributed by atoms with van der Waals surface area (Å²) in [6, 6.07) is 15.6. The van der Waals surface area contributed by atoms with Gasteiger partial charge in [-0.1, -0.05) is 81.1 Å². The van der Waals surface area contributed by atoms with Gasteiger partial charge in [0, 0.05) is 26.1 Å². The van der Waals surface area contributed by atoms with E-state index in [9.17, 15) is 4.79 Å². The minimum Gasteiger partial charge on any atom is -0.361 e. The van der Waals surface area contributed by atoms with E-state index >= 15 is 0 Å². The molecule has 0 bridgehead atoms. The number of morpholine rings is 1. The molecule has 6 heteroatoms. The lowest BCUT2D eigenvalue weighted by Crippen LogP contribution is -2.55. The first-order valence-electron chi connectivity index (χ1n) is 11.3. The fourth-order valence-corrected chi connectivity index (χ4v) is 6.91. The maximum absolute atomic E-state index is 13.4. The van der Waals surface area contributed by atoms with Crippen LogP contribution in [0.4, 0.5) is 0 Å². The molecule has 4 unspecified atom stereocenters. The Bertz CT molecular complexity index is 944. The van der Waals surface area contributed by atoms with Gasteiger partial charge in [0.15, 0.2) is 0 Å². The van der Waals surface area contributed by atoms with E-state index in [1.807, 2.05) is 60.3 Å². The van der Waals surface area contributed by atoms with Crippen LogP contribution in [0.3, 0.4) is 0 Å². The van der Waals surface area contributed by atoms with E-state index in [0.717, 1.165) is 30.4 Å². The van der Waals surface area contributed by atoms with Gasteiger partial charge < -0.3 is 9.64 Å². The maximum Gasteiger partial charge on any atom is 0.249 e. The second-order valence-corrected chi connectivity index (χ2v) is 12.6. The third kappa shape index (κ3) is 5.47. The molecule has 1 saturated heterocycles. The molecule has 1 aliphatic carbocycles. The predicted molar refractivity (Wildman–Crippen MR) is 135 cm³/mol. The average molecular weight is 493 g/mol. The first-order chi connectivity index (χ1) is 15.2. The van der Waals surface area contributed by atoms with Crippen molar-refractivity contribution in [2.45, 2.75) is 74.6 Å². The van der Waals surface area contributed by atoms with E-state index in [2.05, 4.69) is 25.7 Å². The van der Waals surface area contributed by atoms with E-state index < -0.39 is 0 Å². The zero-order chi connectivity index (χ0) is 22.9. The Morgan fingerprint density at radius 3 is 2.38 bits per heavy atom. The summed E-state index contributed by atoms with van der Waals surface area (Å²) in [6.45, 7) is 6.87. The van der Waals surface area contributed by atoms with Crippen LogP contribution in [-0.4, -0.2) is 33.5 Å². The molecule has 0 N–H and O–H groups in total. The van der Waals surface area contributed by atoms with E-state index in [-0.39, 0.29) is 35.4 Å². The summed E-state index contributed by atoms with van der Waals surface area (Å²) in [6.07, 6.45) is 4.23. The van der Waals surface area contributed by atoms with Crippen molar-refractivity contribution in [2.24, 2.45) is 0 Å². The summed E-state index contributed by atoms with van der Waals surface area (Å²) < 4.78 is 6.33. The van der Waals surface area contributed by atoms with Gasteiger partial charge in [-0.3, -0.25) is 4.79 Å². The minimum absolute atomic E-state index is 0.0645. The highest BCUT2D eigenvalue weighted by atomic mass is 35.5. The van der Waals surface area contributed by atoms with Gasteiger partial charge in [0.2, 0.25) is 5.91 Å². The second-order valence-electron chi connectivity index (χ2n) is 9.70. The molecule has 2 aromatic rings. The normalized spacial score (nSPS) is 26.9. The zero-order valence-corrected chi connectivity index (χ0v) is 21.2. The summed E-state index contributed by atoms with van der Waals surface area (Å²) in [7, 11) is 0. The van der Waals surface area contributed by atoms with Crippen LogP contribution < -0.4 is 0 Å². The highest BCUT2D eigenvalue weighted by Gasteiger charge is 2.45. The van der Waals surface area contributed by atoms with Crippen LogP contribution in [0.15, 0.2) is 48.5 Å². The lowest BCUT2D eigenvalue weighted by atomic mass is 9.87. The lowest BCUT2D eigenvalue weighted by molar-refractivity contribution is -0.164. The molecule has 2 aromatic carbocycles. The van der Waals surface area contributed by atoms with Crippen molar-refractivity contribution < 1.29 is 9.53 Å². The van der Waals surface area contributed by atoms with Crippen molar-refractivity contribution in [3.05, 3.63) is 69.7 Å². The Morgan fingerprint density at radius 1 is 0.969 bits per heavy atom. The van der Waals surface area contributed by atoms with Crippen molar-refractivity contribution in [3.63, 3.8) is 0 Å². The molecule has 0 radical (unpaired) electrons. The van der Waals surface area contributed by atoms with Gasteiger partial charge in [-0.15, -0.1) is 0 Å². The molecule has 1 heterocycles. The molecule has 4 atom stereocenters. The number of nitrogens with zero attached hydrogens (tertiary/aromatic N) is 1. The fraction of sp³-hybridized carbons (Fsp3) is 0.500.